The molecule has 0 bridgehead atoms. The molecule has 1 saturated heterocycles. The highest BCUT2D eigenvalue weighted by Gasteiger charge is 2.55. The van der Waals surface area contributed by atoms with Crippen LogP contribution in [0.3, 0.4) is 0 Å². The average Bonchev–Trinajstić information content (AvgIpc) is 2.72. The second-order valence-electron chi connectivity index (χ2n) is 7.24. The van der Waals surface area contributed by atoms with Crippen molar-refractivity contribution in [3.05, 3.63) is 33.8 Å². The number of rotatable bonds is 4. The topological polar surface area (TPSA) is 44.8 Å². The van der Waals surface area contributed by atoms with Gasteiger partial charge < -0.3 is 14.0 Å². The van der Waals surface area contributed by atoms with Crippen LogP contribution in [0.1, 0.15) is 51.1 Å². The molecule has 9 heteroatoms. The molecule has 1 heterocycles. The molecule has 0 radical (unpaired) electrons. The van der Waals surface area contributed by atoms with Crippen LogP contribution < -0.4 is 0 Å². The lowest BCUT2D eigenvalue weighted by Crippen LogP contribution is -2.41. The molecule has 144 valence electrons. The van der Waals surface area contributed by atoms with Crippen molar-refractivity contribution in [1.29, 1.82) is 0 Å². The summed E-state index contributed by atoms with van der Waals surface area (Å²) in [6, 6.07) is 3.83. The number of benzene rings is 1. The Kier molecular flexibility index (Phi) is 5.86. The first kappa shape index (κ1) is 21.2. The molecule has 0 aromatic heterocycles. The number of esters is 1. The van der Waals surface area contributed by atoms with E-state index in [4.69, 9.17) is 9.31 Å². The number of ether oxygens (including phenoxy) is 1. The Morgan fingerprint density at radius 1 is 1.23 bits per heavy atom. The van der Waals surface area contributed by atoms with E-state index in [0.29, 0.717) is 4.47 Å². The van der Waals surface area contributed by atoms with Crippen molar-refractivity contribution in [1.82, 2.24) is 0 Å². The Morgan fingerprint density at radius 3 is 2.23 bits per heavy atom. The van der Waals surface area contributed by atoms with Gasteiger partial charge in [-0.05, 0) is 45.4 Å². The zero-order chi connectivity index (χ0) is 19.9. The van der Waals surface area contributed by atoms with Crippen LogP contribution in [0.15, 0.2) is 22.7 Å². The molecule has 2 rings (SSSR count). The van der Waals surface area contributed by atoms with Gasteiger partial charge in [-0.15, -0.1) is 0 Å². The van der Waals surface area contributed by atoms with Crippen LogP contribution >= 0.6 is 15.9 Å². The Labute approximate surface area is 159 Å². The number of halogens is 4. The summed E-state index contributed by atoms with van der Waals surface area (Å²) in [5.74, 6) is -1.60. The monoisotopic (exact) mass is 436 g/mol. The van der Waals surface area contributed by atoms with Gasteiger partial charge in [-0.1, -0.05) is 22.0 Å². The second kappa shape index (κ2) is 7.17. The number of hydrogen-bond donors (Lipinski definition) is 0. The maximum atomic E-state index is 13.6. The van der Waals surface area contributed by atoms with Crippen molar-refractivity contribution in [2.45, 2.75) is 57.3 Å². The highest BCUT2D eigenvalue weighted by atomic mass is 79.9. The van der Waals surface area contributed by atoms with E-state index in [1.54, 1.807) is 27.7 Å². The van der Waals surface area contributed by atoms with Crippen molar-refractivity contribution in [2.75, 3.05) is 7.11 Å². The number of alkyl halides is 3. The molecule has 4 nitrogen and oxygen atoms in total. The van der Waals surface area contributed by atoms with Gasteiger partial charge in [-0.2, -0.15) is 13.2 Å². The summed E-state index contributed by atoms with van der Waals surface area (Å²) in [5.41, 5.74) is -2.38. The number of methoxy groups -OCH3 is 1. The molecule has 0 amide bonds. The lowest BCUT2D eigenvalue weighted by Gasteiger charge is -2.32. The lowest BCUT2D eigenvalue weighted by molar-refractivity contribution is -0.142. The third-order valence-corrected chi connectivity index (χ3v) is 5.43. The molecule has 26 heavy (non-hydrogen) atoms. The van der Waals surface area contributed by atoms with Gasteiger partial charge in [0.2, 0.25) is 0 Å². The predicted molar refractivity (Wildman–Crippen MR) is 94.6 cm³/mol. The first-order valence-corrected chi connectivity index (χ1v) is 8.87. The predicted octanol–water partition coefficient (Wildman–Crippen LogP) is 4.75. The smallest absolute Gasteiger partial charge is 0.466 e. The van der Waals surface area contributed by atoms with Crippen LogP contribution in [0.2, 0.25) is 0 Å². The fourth-order valence-electron chi connectivity index (χ4n) is 2.77. The van der Waals surface area contributed by atoms with Gasteiger partial charge in [0.05, 0.1) is 30.3 Å². The third kappa shape index (κ3) is 4.26. The molecule has 1 aromatic carbocycles. The highest BCUT2D eigenvalue weighted by molar-refractivity contribution is 9.10. The summed E-state index contributed by atoms with van der Waals surface area (Å²) in [7, 11) is 0.178. The maximum absolute atomic E-state index is 13.6. The maximum Gasteiger partial charge on any atom is 0.466 e. The summed E-state index contributed by atoms with van der Waals surface area (Å²) in [4.78, 5) is 11.9. The Balaban J connectivity index is 2.53. The highest BCUT2D eigenvalue weighted by Crippen LogP contribution is 2.45. The van der Waals surface area contributed by atoms with E-state index in [1.165, 1.54) is 19.2 Å². The largest absolute Gasteiger partial charge is 0.469 e. The van der Waals surface area contributed by atoms with Crippen LogP contribution in [-0.4, -0.2) is 31.4 Å². The SMILES string of the molecule is COC(=O)CC(B1OC(C)(C)C(C)(C)O1)c1ccc(Br)cc1C(F)(F)F. The zero-order valence-corrected chi connectivity index (χ0v) is 16.8. The van der Waals surface area contributed by atoms with Gasteiger partial charge in [0, 0.05) is 10.3 Å². The zero-order valence-electron chi connectivity index (χ0n) is 15.2. The first-order valence-electron chi connectivity index (χ1n) is 8.07. The van der Waals surface area contributed by atoms with E-state index in [1.807, 2.05) is 0 Å². The molecule has 1 aliphatic rings. The van der Waals surface area contributed by atoms with E-state index < -0.39 is 41.8 Å². The molecule has 0 saturated carbocycles. The minimum absolute atomic E-state index is 0.0652. The Bertz CT molecular complexity index is 675. The number of carbonyl (C=O) groups is 1. The van der Waals surface area contributed by atoms with E-state index in [9.17, 15) is 18.0 Å². The molecule has 0 aliphatic carbocycles. The standard InChI is InChI=1S/C17H21BBrF3O4/c1-15(2)16(3,4)26-18(25-15)13(9-14(23)24-5)11-7-6-10(19)8-12(11)17(20,21)22/h6-8,13H,9H2,1-5H3. The van der Waals surface area contributed by atoms with Crippen molar-refractivity contribution in [3.8, 4) is 0 Å². The fourth-order valence-corrected chi connectivity index (χ4v) is 3.13. The quantitative estimate of drug-likeness (QED) is 0.504. The van der Waals surface area contributed by atoms with Crippen molar-refractivity contribution >= 4 is 29.0 Å². The molecule has 0 spiro atoms. The molecular weight excluding hydrogens is 416 g/mol. The Morgan fingerprint density at radius 2 is 1.77 bits per heavy atom. The average molecular weight is 437 g/mol. The van der Waals surface area contributed by atoms with Crippen LogP contribution in [0, 0.1) is 0 Å². The molecule has 1 aliphatic heterocycles. The van der Waals surface area contributed by atoms with E-state index in [-0.39, 0.29) is 12.0 Å². The first-order chi connectivity index (χ1) is 11.8. The minimum atomic E-state index is -4.59. The molecule has 1 atom stereocenters. The summed E-state index contributed by atoms with van der Waals surface area (Å²) >= 11 is 3.07. The van der Waals surface area contributed by atoms with Crippen LogP contribution in [0.25, 0.3) is 0 Å². The van der Waals surface area contributed by atoms with Crippen molar-refractivity contribution in [3.63, 3.8) is 0 Å². The van der Waals surface area contributed by atoms with E-state index in [0.717, 1.165) is 6.07 Å². The summed E-state index contributed by atoms with van der Waals surface area (Å²) in [6.45, 7) is 7.20. The van der Waals surface area contributed by atoms with Crippen LogP contribution in [0.4, 0.5) is 13.2 Å². The summed E-state index contributed by atoms with van der Waals surface area (Å²) < 4.78 is 57.5. The van der Waals surface area contributed by atoms with E-state index in [2.05, 4.69) is 20.7 Å². The minimum Gasteiger partial charge on any atom is -0.469 e. The van der Waals surface area contributed by atoms with Gasteiger partial charge in [-0.3, -0.25) is 4.79 Å². The Hall–Kier alpha value is -1.06. The lowest BCUT2D eigenvalue weighted by atomic mass is 9.65. The number of carbonyl (C=O) groups excluding carboxylic acids is 1. The second-order valence-corrected chi connectivity index (χ2v) is 8.16. The van der Waals surface area contributed by atoms with Crippen LogP contribution in [0.5, 0.6) is 0 Å². The molecule has 0 N–H and O–H groups in total. The fraction of sp³-hybridized carbons (Fsp3) is 0.588. The van der Waals surface area contributed by atoms with Gasteiger partial charge >= 0.3 is 19.3 Å². The molecular formula is C17H21BBrF3O4. The van der Waals surface area contributed by atoms with Gasteiger partial charge in [0.15, 0.2) is 0 Å². The molecule has 1 fully saturated rings. The van der Waals surface area contributed by atoms with Crippen molar-refractivity contribution < 1.29 is 32.0 Å². The summed E-state index contributed by atoms with van der Waals surface area (Å²) in [5, 5.41) is 0. The van der Waals surface area contributed by atoms with Crippen LogP contribution in [-0.2, 0) is 25.0 Å². The normalized spacial score (nSPS) is 20.1. The van der Waals surface area contributed by atoms with Gasteiger partial charge in [0.1, 0.15) is 0 Å². The molecule has 1 unspecified atom stereocenters. The third-order valence-electron chi connectivity index (χ3n) is 4.93. The van der Waals surface area contributed by atoms with Gasteiger partial charge in [-0.25, -0.2) is 0 Å². The van der Waals surface area contributed by atoms with Gasteiger partial charge in [0.25, 0.3) is 0 Å². The van der Waals surface area contributed by atoms with Crippen molar-refractivity contribution in [2.24, 2.45) is 0 Å². The number of hydrogen-bond acceptors (Lipinski definition) is 4. The summed E-state index contributed by atoms with van der Waals surface area (Å²) in [6.07, 6.45) is -4.88. The van der Waals surface area contributed by atoms with E-state index >= 15 is 0 Å². The molecule has 1 aromatic rings.